The molecule has 0 spiro atoms. The molecule has 1 aliphatic rings. The summed E-state index contributed by atoms with van der Waals surface area (Å²) < 4.78 is 7.18. The van der Waals surface area contributed by atoms with E-state index in [2.05, 4.69) is 17.0 Å². The van der Waals surface area contributed by atoms with Crippen molar-refractivity contribution in [1.29, 1.82) is 0 Å². The molecule has 0 saturated carbocycles. The van der Waals surface area contributed by atoms with Crippen LogP contribution in [0.3, 0.4) is 0 Å². The molecule has 1 aromatic heterocycles. The van der Waals surface area contributed by atoms with Gasteiger partial charge in [-0.2, -0.15) is 5.10 Å². The summed E-state index contributed by atoms with van der Waals surface area (Å²) in [4.78, 5) is 4.01. The molecule has 5 heteroatoms. The molecule has 0 aromatic carbocycles. The fourth-order valence-electron chi connectivity index (χ4n) is 1.65. The quantitative estimate of drug-likeness (QED) is 0.739. The van der Waals surface area contributed by atoms with E-state index < -0.39 is 0 Å². The van der Waals surface area contributed by atoms with Gasteiger partial charge in [0.05, 0.1) is 12.2 Å². The number of rotatable bonds is 2. The van der Waals surface area contributed by atoms with E-state index in [9.17, 15) is 0 Å². The Balaban J connectivity index is 2.24. The van der Waals surface area contributed by atoms with Crippen LogP contribution in [0.2, 0.25) is 0 Å². The second-order valence-corrected chi connectivity index (χ2v) is 3.34. The molecule has 2 N–H and O–H groups in total. The van der Waals surface area contributed by atoms with E-state index in [1.54, 1.807) is 4.68 Å². The van der Waals surface area contributed by atoms with Crippen LogP contribution < -0.4 is 5.73 Å². The van der Waals surface area contributed by atoms with Gasteiger partial charge in [0, 0.05) is 18.8 Å². The Labute approximate surface area is 82.6 Å². The van der Waals surface area contributed by atoms with Crippen LogP contribution >= 0.6 is 0 Å². The number of hydrogen-bond donors (Lipinski definition) is 1. The van der Waals surface area contributed by atoms with Gasteiger partial charge >= 0.3 is 0 Å². The van der Waals surface area contributed by atoms with Gasteiger partial charge in [0.2, 0.25) is 0 Å². The second kappa shape index (κ2) is 3.32. The average Bonchev–Trinajstić information content (AvgIpc) is 2.71. The Morgan fingerprint density at radius 2 is 2.50 bits per heavy atom. The van der Waals surface area contributed by atoms with Gasteiger partial charge in [0.15, 0.2) is 0 Å². The number of amidine groups is 1. The molecule has 0 fully saturated rings. The van der Waals surface area contributed by atoms with Gasteiger partial charge in [0.25, 0.3) is 6.02 Å². The van der Waals surface area contributed by atoms with Gasteiger partial charge in [-0.1, -0.05) is 6.92 Å². The van der Waals surface area contributed by atoms with Crippen molar-refractivity contribution < 1.29 is 4.74 Å². The van der Waals surface area contributed by atoms with Crippen molar-refractivity contribution in [3.63, 3.8) is 0 Å². The third-order valence-electron chi connectivity index (χ3n) is 2.30. The van der Waals surface area contributed by atoms with Crippen LogP contribution in [-0.4, -0.2) is 22.3 Å². The van der Waals surface area contributed by atoms with Gasteiger partial charge < -0.3 is 10.5 Å². The van der Waals surface area contributed by atoms with E-state index in [-0.39, 0.29) is 12.1 Å². The summed E-state index contributed by atoms with van der Waals surface area (Å²) in [5, 5.41) is 4.34. The highest BCUT2D eigenvalue weighted by Gasteiger charge is 2.23. The highest BCUT2D eigenvalue weighted by molar-refractivity contribution is 5.73. The fourth-order valence-corrected chi connectivity index (χ4v) is 1.65. The van der Waals surface area contributed by atoms with Gasteiger partial charge in [-0.05, 0) is 6.42 Å². The summed E-state index contributed by atoms with van der Waals surface area (Å²) in [6.07, 6.45) is 2.83. The lowest BCUT2D eigenvalue weighted by atomic mass is 10.1. The molecule has 2 rings (SSSR count). The Kier molecular flexibility index (Phi) is 2.15. The molecule has 0 bridgehead atoms. The Hall–Kier alpha value is -1.52. The van der Waals surface area contributed by atoms with E-state index in [1.165, 1.54) is 0 Å². The number of nitrogens with zero attached hydrogens (tertiary/aromatic N) is 3. The fraction of sp³-hybridized carbons (Fsp3) is 0.556. The number of nitrogens with two attached hydrogens (primary N) is 1. The molecule has 0 radical (unpaired) electrons. The van der Waals surface area contributed by atoms with E-state index in [1.807, 2.05) is 13.2 Å². The Morgan fingerprint density at radius 3 is 3.07 bits per heavy atom. The standard InChI is InChI=1S/C9H14N4O/c1-3-7-6(5-13(2)12-7)8-4-11-9(10)14-8/h5,8H,3-4H2,1-2H3,(H2,10,11). The lowest BCUT2D eigenvalue weighted by molar-refractivity contribution is 0.225. The molecule has 1 atom stereocenters. The molecular formula is C9H14N4O. The monoisotopic (exact) mass is 194 g/mol. The molecule has 2 heterocycles. The zero-order valence-electron chi connectivity index (χ0n) is 8.40. The summed E-state index contributed by atoms with van der Waals surface area (Å²) in [7, 11) is 1.90. The normalized spacial score (nSPS) is 20.7. The Bertz CT molecular complexity index is 369. The minimum absolute atomic E-state index is 0.0429. The van der Waals surface area contributed by atoms with Crippen molar-refractivity contribution in [1.82, 2.24) is 9.78 Å². The summed E-state index contributed by atoms with van der Waals surface area (Å²) in [6.45, 7) is 2.68. The van der Waals surface area contributed by atoms with Gasteiger partial charge in [0.1, 0.15) is 6.10 Å². The number of hydrogen-bond acceptors (Lipinski definition) is 4. The highest BCUT2D eigenvalue weighted by Crippen LogP contribution is 2.24. The topological polar surface area (TPSA) is 65.4 Å². The zero-order valence-corrected chi connectivity index (χ0v) is 8.40. The molecule has 0 amide bonds. The van der Waals surface area contributed by atoms with Crippen LogP contribution in [0.15, 0.2) is 11.2 Å². The summed E-state index contributed by atoms with van der Waals surface area (Å²) in [5.74, 6) is 0. The first-order valence-electron chi connectivity index (χ1n) is 4.69. The van der Waals surface area contributed by atoms with Gasteiger partial charge in [-0.15, -0.1) is 0 Å². The van der Waals surface area contributed by atoms with Gasteiger partial charge in [-0.3, -0.25) is 4.68 Å². The minimum atomic E-state index is -0.0429. The van der Waals surface area contributed by atoms with E-state index in [0.717, 1.165) is 17.7 Å². The van der Waals surface area contributed by atoms with Crippen molar-refractivity contribution in [2.24, 2.45) is 17.8 Å². The van der Waals surface area contributed by atoms with E-state index in [4.69, 9.17) is 10.5 Å². The first kappa shape index (κ1) is 9.05. The summed E-state index contributed by atoms with van der Waals surface area (Å²) in [5.41, 5.74) is 7.62. The van der Waals surface area contributed by atoms with Crippen LogP contribution in [0.1, 0.15) is 24.3 Å². The molecule has 0 aliphatic carbocycles. The van der Waals surface area contributed by atoms with Gasteiger partial charge in [-0.25, -0.2) is 4.99 Å². The average molecular weight is 194 g/mol. The van der Waals surface area contributed by atoms with Crippen molar-refractivity contribution in [2.45, 2.75) is 19.4 Å². The molecule has 76 valence electrons. The number of aryl methyl sites for hydroxylation is 2. The number of aromatic nitrogens is 2. The minimum Gasteiger partial charge on any atom is -0.455 e. The summed E-state index contributed by atoms with van der Waals surface area (Å²) >= 11 is 0. The first-order chi connectivity index (χ1) is 6.70. The van der Waals surface area contributed by atoms with E-state index >= 15 is 0 Å². The lowest BCUT2D eigenvalue weighted by Gasteiger charge is -2.08. The van der Waals surface area contributed by atoms with Crippen molar-refractivity contribution >= 4 is 6.02 Å². The third-order valence-corrected chi connectivity index (χ3v) is 2.30. The van der Waals surface area contributed by atoms with Crippen molar-refractivity contribution in [2.75, 3.05) is 6.54 Å². The SMILES string of the molecule is CCc1nn(C)cc1C1CN=C(N)O1. The maximum atomic E-state index is 5.46. The van der Waals surface area contributed by atoms with E-state index in [0.29, 0.717) is 6.54 Å². The smallest absolute Gasteiger partial charge is 0.282 e. The Morgan fingerprint density at radius 1 is 1.71 bits per heavy atom. The number of aliphatic imine (C=N–C) groups is 1. The first-order valence-corrected chi connectivity index (χ1v) is 4.69. The molecule has 1 unspecified atom stereocenters. The predicted octanol–water partition coefficient (Wildman–Crippen LogP) is 0.369. The van der Waals surface area contributed by atoms with Crippen LogP contribution in [0, 0.1) is 0 Å². The lowest BCUT2D eigenvalue weighted by Crippen LogP contribution is -2.13. The zero-order chi connectivity index (χ0) is 10.1. The maximum Gasteiger partial charge on any atom is 0.282 e. The molecule has 5 nitrogen and oxygen atoms in total. The summed E-state index contributed by atoms with van der Waals surface area (Å²) in [6, 6.07) is 0.279. The van der Waals surface area contributed by atoms with Crippen LogP contribution in [0.4, 0.5) is 0 Å². The van der Waals surface area contributed by atoms with Crippen LogP contribution in [0.25, 0.3) is 0 Å². The molecule has 1 aromatic rings. The second-order valence-electron chi connectivity index (χ2n) is 3.34. The largest absolute Gasteiger partial charge is 0.455 e. The van der Waals surface area contributed by atoms with Crippen LogP contribution in [0.5, 0.6) is 0 Å². The predicted molar refractivity (Wildman–Crippen MR) is 52.9 cm³/mol. The van der Waals surface area contributed by atoms with Crippen molar-refractivity contribution in [3.8, 4) is 0 Å². The third kappa shape index (κ3) is 1.45. The number of ether oxygens (including phenoxy) is 1. The highest BCUT2D eigenvalue weighted by atomic mass is 16.5. The van der Waals surface area contributed by atoms with Crippen molar-refractivity contribution in [3.05, 3.63) is 17.5 Å². The molecule has 14 heavy (non-hydrogen) atoms. The molecule has 1 aliphatic heterocycles. The van der Waals surface area contributed by atoms with Crippen LogP contribution in [-0.2, 0) is 18.2 Å². The molecular weight excluding hydrogens is 180 g/mol. The molecule has 0 saturated heterocycles. The maximum absolute atomic E-state index is 5.46.